The SMILES string of the molecule is C=CCC/C=C/C(=O)OC/C(C)=C\[C@@H](C)[C@H](O[Si](C)(C)C(C)(C)C)[C@H](C=C)OC. The highest BCUT2D eigenvalue weighted by Gasteiger charge is 2.41. The van der Waals surface area contributed by atoms with Crippen LogP contribution in [0.1, 0.15) is 47.5 Å². The molecule has 0 aromatic carbocycles. The van der Waals surface area contributed by atoms with E-state index in [0.29, 0.717) is 0 Å². The van der Waals surface area contributed by atoms with E-state index in [1.54, 1.807) is 13.2 Å². The molecular formula is C24H42O4Si. The van der Waals surface area contributed by atoms with Gasteiger partial charge in [-0.1, -0.05) is 52.0 Å². The molecule has 0 rings (SSSR count). The second kappa shape index (κ2) is 13.0. The van der Waals surface area contributed by atoms with E-state index in [1.807, 2.05) is 19.1 Å². The van der Waals surface area contributed by atoms with E-state index in [9.17, 15) is 4.79 Å². The molecule has 0 spiro atoms. The van der Waals surface area contributed by atoms with Gasteiger partial charge in [-0.2, -0.15) is 0 Å². The average Bonchev–Trinajstić information content (AvgIpc) is 2.62. The summed E-state index contributed by atoms with van der Waals surface area (Å²) in [6.07, 6.45) is 10.3. The van der Waals surface area contributed by atoms with Crippen LogP contribution < -0.4 is 0 Å². The van der Waals surface area contributed by atoms with Crippen LogP contribution in [-0.4, -0.2) is 40.2 Å². The number of esters is 1. The maximum absolute atomic E-state index is 11.8. The van der Waals surface area contributed by atoms with Gasteiger partial charge in [0, 0.05) is 19.1 Å². The molecule has 0 bridgehead atoms. The monoisotopic (exact) mass is 422 g/mol. The Hall–Kier alpha value is -1.43. The Balaban J connectivity index is 5.16. The van der Waals surface area contributed by atoms with Crippen LogP contribution in [0.25, 0.3) is 0 Å². The molecule has 0 fully saturated rings. The molecule has 3 atom stereocenters. The fraction of sp³-hybridized carbons (Fsp3) is 0.625. The number of hydrogen-bond acceptors (Lipinski definition) is 4. The first-order valence-corrected chi connectivity index (χ1v) is 13.2. The van der Waals surface area contributed by atoms with Crippen LogP contribution in [0, 0.1) is 5.92 Å². The Morgan fingerprint density at radius 1 is 1.17 bits per heavy atom. The van der Waals surface area contributed by atoms with Crippen molar-refractivity contribution in [3.8, 4) is 0 Å². The van der Waals surface area contributed by atoms with Gasteiger partial charge in [0.2, 0.25) is 0 Å². The zero-order valence-corrected chi connectivity index (χ0v) is 20.8. The summed E-state index contributed by atoms with van der Waals surface area (Å²) >= 11 is 0. The topological polar surface area (TPSA) is 44.8 Å². The van der Waals surface area contributed by atoms with E-state index in [0.717, 1.165) is 18.4 Å². The summed E-state index contributed by atoms with van der Waals surface area (Å²) in [6, 6.07) is 0. The Morgan fingerprint density at radius 2 is 1.79 bits per heavy atom. The average molecular weight is 423 g/mol. The molecule has 29 heavy (non-hydrogen) atoms. The minimum absolute atomic E-state index is 0.0777. The first kappa shape index (κ1) is 27.6. The van der Waals surface area contributed by atoms with E-state index in [-0.39, 0.29) is 35.7 Å². The van der Waals surface area contributed by atoms with Crippen molar-refractivity contribution in [1.29, 1.82) is 0 Å². The third kappa shape index (κ3) is 10.2. The standard InChI is InChI=1S/C24H42O4Si/c1-11-13-14-15-16-22(25)27-18-19(3)17-20(4)23(21(12-2)26-8)28-29(9,10)24(5,6)7/h11-12,15-17,20-21,23H,1-2,13-14,18H2,3-10H3/b16-15+,19-17-/t20-,21+,23+/m1/s1. The molecule has 166 valence electrons. The maximum Gasteiger partial charge on any atom is 0.330 e. The number of ether oxygens (including phenoxy) is 2. The van der Waals surface area contributed by atoms with E-state index < -0.39 is 8.32 Å². The lowest BCUT2D eigenvalue weighted by Gasteiger charge is -2.42. The summed E-state index contributed by atoms with van der Waals surface area (Å²) in [4.78, 5) is 11.8. The predicted octanol–water partition coefficient (Wildman–Crippen LogP) is 6.23. The molecule has 0 N–H and O–H groups in total. The van der Waals surface area contributed by atoms with E-state index >= 15 is 0 Å². The lowest BCUT2D eigenvalue weighted by Crippen LogP contribution is -2.49. The number of allylic oxidation sites excluding steroid dienone is 2. The number of unbranched alkanes of at least 4 members (excludes halogenated alkanes) is 1. The zero-order chi connectivity index (χ0) is 22.7. The number of methoxy groups -OCH3 is 1. The van der Waals surface area contributed by atoms with Gasteiger partial charge in [0.1, 0.15) is 12.7 Å². The summed E-state index contributed by atoms with van der Waals surface area (Å²) in [5.41, 5.74) is 0.980. The molecule has 0 aromatic heterocycles. The zero-order valence-electron chi connectivity index (χ0n) is 19.8. The lowest BCUT2D eigenvalue weighted by atomic mass is 9.97. The van der Waals surface area contributed by atoms with Gasteiger partial charge in [0.05, 0.1) is 6.10 Å². The van der Waals surface area contributed by atoms with E-state index in [2.05, 4.69) is 60.0 Å². The van der Waals surface area contributed by atoms with Crippen LogP contribution in [0.5, 0.6) is 0 Å². The smallest absolute Gasteiger partial charge is 0.330 e. The van der Waals surface area contributed by atoms with Crippen molar-refractivity contribution in [2.24, 2.45) is 5.92 Å². The van der Waals surface area contributed by atoms with Crippen LogP contribution >= 0.6 is 0 Å². The van der Waals surface area contributed by atoms with Crippen molar-refractivity contribution in [3.05, 3.63) is 49.1 Å². The van der Waals surface area contributed by atoms with Gasteiger partial charge >= 0.3 is 5.97 Å². The molecule has 0 unspecified atom stereocenters. The van der Waals surface area contributed by atoms with Gasteiger partial charge in [0.25, 0.3) is 0 Å². The minimum Gasteiger partial charge on any atom is -0.458 e. The Morgan fingerprint density at radius 3 is 2.28 bits per heavy atom. The van der Waals surface area contributed by atoms with Crippen LogP contribution in [0.15, 0.2) is 49.1 Å². The molecular weight excluding hydrogens is 380 g/mol. The van der Waals surface area contributed by atoms with Gasteiger partial charge in [0.15, 0.2) is 8.32 Å². The van der Waals surface area contributed by atoms with Crippen molar-refractivity contribution >= 4 is 14.3 Å². The van der Waals surface area contributed by atoms with Crippen LogP contribution in [0.2, 0.25) is 18.1 Å². The second-order valence-corrected chi connectivity index (χ2v) is 13.8. The molecule has 0 amide bonds. The predicted molar refractivity (Wildman–Crippen MR) is 126 cm³/mol. The van der Waals surface area contributed by atoms with Crippen LogP contribution in [-0.2, 0) is 18.7 Å². The first-order valence-electron chi connectivity index (χ1n) is 10.3. The third-order valence-corrected chi connectivity index (χ3v) is 9.84. The van der Waals surface area contributed by atoms with Crippen molar-refractivity contribution < 1.29 is 18.7 Å². The third-order valence-electron chi connectivity index (χ3n) is 5.36. The van der Waals surface area contributed by atoms with Gasteiger partial charge < -0.3 is 13.9 Å². The molecule has 0 aromatic rings. The second-order valence-electron chi connectivity index (χ2n) is 9.03. The van der Waals surface area contributed by atoms with Crippen molar-refractivity contribution in [3.63, 3.8) is 0 Å². The molecule has 4 nitrogen and oxygen atoms in total. The minimum atomic E-state index is -1.99. The van der Waals surface area contributed by atoms with Crippen molar-refractivity contribution in [2.75, 3.05) is 13.7 Å². The molecule has 0 saturated heterocycles. The normalized spacial score (nSPS) is 16.3. The number of hydrogen-bond donors (Lipinski definition) is 0. The van der Waals surface area contributed by atoms with E-state index in [4.69, 9.17) is 13.9 Å². The Labute approximate surface area is 179 Å². The lowest BCUT2D eigenvalue weighted by molar-refractivity contribution is -0.136. The number of carbonyl (C=O) groups excluding carboxylic acids is 1. The van der Waals surface area contributed by atoms with Gasteiger partial charge in [-0.25, -0.2) is 4.79 Å². The first-order chi connectivity index (χ1) is 13.4. The molecule has 0 aliphatic carbocycles. The fourth-order valence-electron chi connectivity index (χ4n) is 2.57. The molecule has 0 aliphatic heterocycles. The Bertz CT molecular complexity index is 584. The van der Waals surface area contributed by atoms with Gasteiger partial charge in [-0.05, 0) is 43.5 Å². The summed E-state index contributed by atoms with van der Waals surface area (Å²) < 4.78 is 17.6. The maximum atomic E-state index is 11.8. The highest BCUT2D eigenvalue weighted by Crippen LogP contribution is 2.39. The molecule has 5 heteroatoms. The summed E-state index contributed by atoms with van der Waals surface area (Å²) in [7, 11) is -0.315. The molecule has 0 saturated carbocycles. The summed E-state index contributed by atoms with van der Waals surface area (Å²) in [5.74, 6) is -0.252. The van der Waals surface area contributed by atoms with Gasteiger partial charge in [-0.3, -0.25) is 0 Å². The Kier molecular flexibility index (Phi) is 12.3. The van der Waals surface area contributed by atoms with Gasteiger partial charge in [-0.15, -0.1) is 13.2 Å². The highest BCUT2D eigenvalue weighted by molar-refractivity contribution is 6.74. The summed E-state index contributed by atoms with van der Waals surface area (Å²) in [6.45, 7) is 23.0. The molecule has 0 heterocycles. The molecule has 0 radical (unpaired) electrons. The number of carbonyl (C=O) groups is 1. The van der Waals surface area contributed by atoms with E-state index in [1.165, 1.54) is 6.08 Å². The van der Waals surface area contributed by atoms with Crippen LogP contribution in [0.3, 0.4) is 0 Å². The number of rotatable bonds is 13. The fourth-order valence-corrected chi connectivity index (χ4v) is 3.96. The largest absolute Gasteiger partial charge is 0.458 e. The summed E-state index contributed by atoms with van der Waals surface area (Å²) in [5, 5.41) is 0.0939. The van der Waals surface area contributed by atoms with Crippen molar-refractivity contribution in [1.82, 2.24) is 0 Å². The van der Waals surface area contributed by atoms with Crippen molar-refractivity contribution in [2.45, 2.75) is 77.8 Å². The molecule has 0 aliphatic rings. The highest BCUT2D eigenvalue weighted by atomic mass is 28.4. The quantitative estimate of drug-likeness (QED) is 0.116. The van der Waals surface area contributed by atoms with Crippen LogP contribution in [0.4, 0.5) is 0 Å².